The van der Waals surface area contributed by atoms with Gasteiger partial charge >= 0.3 is 0 Å². The monoisotopic (exact) mass is 360 g/mol. The molecule has 1 aliphatic rings. The zero-order chi connectivity index (χ0) is 17.6. The Bertz CT molecular complexity index is 738. The summed E-state index contributed by atoms with van der Waals surface area (Å²) < 4.78 is 11.1. The number of rotatable bonds is 5. The van der Waals surface area contributed by atoms with Crippen molar-refractivity contribution in [3.05, 3.63) is 53.3 Å². The summed E-state index contributed by atoms with van der Waals surface area (Å²) in [6.07, 6.45) is 5.09. The molecule has 0 radical (unpaired) electrons. The minimum Gasteiger partial charge on any atom is -0.497 e. The first-order valence-electron chi connectivity index (χ1n) is 8.32. The molecule has 1 fully saturated rings. The van der Waals surface area contributed by atoms with Gasteiger partial charge in [-0.3, -0.25) is 9.78 Å². The predicted molar refractivity (Wildman–Crippen MR) is 96.4 cm³/mol. The molecule has 1 aromatic heterocycles. The predicted octanol–water partition coefficient (Wildman–Crippen LogP) is 3.67. The number of carbonyl (C=O) groups is 1. The lowest BCUT2D eigenvalue weighted by atomic mass is 9.98. The minimum absolute atomic E-state index is 0.0268. The van der Waals surface area contributed by atoms with E-state index < -0.39 is 0 Å². The number of amides is 1. The van der Waals surface area contributed by atoms with Gasteiger partial charge in [0.25, 0.3) is 5.91 Å². The van der Waals surface area contributed by atoms with Crippen molar-refractivity contribution >= 4 is 17.5 Å². The van der Waals surface area contributed by atoms with E-state index in [4.69, 9.17) is 21.1 Å². The first kappa shape index (κ1) is 17.5. The van der Waals surface area contributed by atoms with E-state index >= 15 is 0 Å². The number of halogens is 1. The molecule has 0 unspecified atom stereocenters. The average molecular weight is 361 g/mol. The number of hydrogen-bond donors (Lipinski definition) is 0. The third-order valence-electron chi connectivity index (χ3n) is 4.28. The molecule has 25 heavy (non-hydrogen) atoms. The van der Waals surface area contributed by atoms with E-state index in [1.807, 2.05) is 29.2 Å². The third kappa shape index (κ3) is 4.63. The van der Waals surface area contributed by atoms with Crippen LogP contribution in [-0.2, 0) is 0 Å². The van der Waals surface area contributed by atoms with Crippen LogP contribution in [0.1, 0.15) is 23.2 Å². The molecule has 1 amide bonds. The van der Waals surface area contributed by atoms with E-state index in [-0.39, 0.29) is 5.91 Å². The van der Waals surface area contributed by atoms with E-state index in [2.05, 4.69) is 4.98 Å². The van der Waals surface area contributed by atoms with Crippen molar-refractivity contribution in [2.24, 2.45) is 5.92 Å². The molecule has 3 rings (SSSR count). The molecule has 0 bridgehead atoms. The number of ether oxygens (including phenoxy) is 2. The second-order valence-electron chi connectivity index (χ2n) is 6.14. The fraction of sp³-hybridized carbons (Fsp3) is 0.368. The van der Waals surface area contributed by atoms with Crippen LogP contribution < -0.4 is 9.47 Å². The van der Waals surface area contributed by atoms with Crippen LogP contribution in [0.25, 0.3) is 0 Å². The van der Waals surface area contributed by atoms with E-state index in [0.717, 1.165) is 30.9 Å². The van der Waals surface area contributed by atoms with Crippen molar-refractivity contribution < 1.29 is 14.3 Å². The number of methoxy groups -OCH3 is 1. The maximum Gasteiger partial charge on any atom is 0.255 e. The standard InChI is InChI=1S/C19H21ClN2O3/c1-24-17-5-2-6-18(9-17)25-13-14-4-3-7-22(12-14)19(23)15-8-16(20)11-21-10-15/h2,5-6,8-11,14H,3-4,7,12-13H2,1H3/t14-/m1/s1. The lowest BCUT2D eigenvalue weighted by molar-refractivity contribution is 0.0633. The van der Waals surface area contributed by atoms with Crippen molar-refractivity contribution in [2.45, 2.75) is 12.8 Å². The highest BCUT2D eigenvalue weighted by Gasteiger charge is 2.25. The van der Waals surface area contributed by atoms with Crippen LogP contribution in [0.4, 0.5) is 0 Å². The second-order valence-corrected chi connectivity index (χ2v) is 6.58. The molecule has 1 saturated heterocycles. The highest BCUT2D eigenvalue weighted by Crippen LogP contribution is 2.23. The van der Waals surface area contributed by atoms with E-state index in [9.17, 15) is 4.79 Å². The summed E-state index contributed by atoms with van der Waals surface area (Å²) >= 11 is 5.94. The van der Waals surface area contributed by atoms with Crippen LogP contribution in [0.2, 0.25) is 5.02 Å². The zero-order valence-electron chi connectivity index (χ0n) is 14.2. The van der Waals surface area contributed by atoms with E-state index in [0.29, 0.717) is 29.7 Å². The van der Waals surface area contributed by atoms with Crippen LogP contribution in [0, 0.1) is 5.92 Å². The number of carbonyl (C=O) groups excluding carboxylic acids is 1. The summed E-state index contributed by atoms with van der Waals surface area (Å²) in [6.45, 7) is 2.00. The minimum atomic E-state index is -0.0268. The van der Waals surface area contributed by atoms with Gasteiger partial charge in [0.1, 0.15) is 11.5 Å². The Hall–Kier alpha value is -2.27. The number of nitrogens with zero attached hydrogens (tertiary/aromatic N) is 2. The molecule has 1 atom stereocenters. The summed E-state index contributed by atoms with van der Waals surface area (Å²) in [5.41, 5.74) is 0.530. The van der Waals surface area contributed by atoms with Crippen LogP contribution in [0.3, 0.4) is 0 Å². The largest absolute Gasteiger partial charge is 0.497 e. The van der Waals surface area contributed by atoms with Gasteiger partial charge in [-0.05, 0) is 31.0 Å². The lowest BCUT2D eigenvalue weighted by Crippen LogP contribution is -2.41. The Morgan fingerprint density at radius 1 is 1.32 bits per heavy atom. The number of likely N-dealkylation sites (tertiary alicyclic amines) is 1. The first-order valence-corrected chi connectivity index (χ1v) is 8.70. The fourth-order valence-electron chi connectivity index (χ4n) is 3.00. The van der Waals surface area contributed by atoms with Crippen molar-refractivity contribution in [2.75, 3.05) is 26.8 Å². The Labute approximate surface area is 152 Å². The Morgan fingerprint density at radius 3 is 2.96 bits per heavy atom. The molecule has 2 aromatic rings. The average Bonchev–Trinajstić information content (AvgIpc) is 2.66. The molecule has 0 N–H and O–H groups in total. The number of piperidine rings is 1. The first-order chi connectivity index (χ1) is 12.2. The molecule has 5 nitrogen and oxygen atoms in total. The molecular formula is C19H21ClN2O3. The highest BCUT2D eigenvalue weighted by atomic mass is 35.5. The number of pyridine rings is 1. The molecule has 6 heteroatoms. The van der Waals surface area contributed by atoms with Crippen LogP contribution in [0.5, 0.6) is 11.5 Å². The number of aromatic nitrogens is 1. The Kier molecular flexibility index (Phi) is 5.76. The SMILES string of the molecule is COc1cccc(OC[C@@H]2CCCN(C(=O)c3cncc(Cl)c3)C2)c1. The van der Waals surface area contributed by atoms with Gasteiger partial charge in [0, 0.05) is 37.5 Å². The van der Waals surface area contributed by atoms with Crippen molar-refractivity contribution in [1.82, 2.24) is 9.88 Å². The van der Waals surface area contributed by atoms with Gasteiger partial charge in [0.05, 0.1) is 24.3 Å². The molecule has 1 aliphatic heterocycles. The maximum atomic E-state index is 12.6. The van der Waals surface area contributed by atoms with Gasteiger partial charge < -0.3 is 14.4 Å². The molecule has 0 aliphatic carbocycles. The van der Waals surface area contributed by atoms with Crippen LogP contribution in [0.15, 0.2) is 42.7 Å². The molecule has 0 spiro atoms. The van der Waals surface area contributed by atoms with Crippen LogP contribution in [-0.4, -0.2) is 42.6 Å². The topological polar surface area (TPSA) is 51.7 Å². The second kappa shape index (κ2) is 8.21. The number of benzene rings is 1. The van der Waals surface area contributed by atoms with Gasteiger partial charge in [-0.2, -0.15) is 0 Å². The summed E-state index contributed by atoms with van der Waals surface area (Å²) in [6, 6.07) is 9.21. The lowest BCUT2D eigenvalue weighted by Gasteiger charge is -2.32. The quantitative estimate of drug-likeness (QED) is 0.816. The third-order valence-corrected chi connectivity index (χ3v) is 4.49. The molecule has 0 saturated carbocycles. The summed E-state index contributed by atoms with van der Waals surface area (Å²) in [7, 11) is 1.63. The zero-order valence-corrected chi connectivity index (χ0v) is 14.9. The van der Waals surface area contributed by atoms with Gasteiger partial charge in [0.15, 0.2) is 0 Å². The van der Waals surface area contributed by atoms with Gasteiger partial charge in [-0.15, -0.1) is 0 Å². The molecule has 1 aromatic carbocycles. The fourth-order valence-corrected chi connectivity index (χ4v) is 3.18. The smallest absolute Gasteiger partial charge is 0.255 e. The van der Waals surface area contributed by atoms with E-state index in [1.165, 1.54) is 6.20 Å². The van der Waals surface area contributed by atoms with Gasteiger partial charge in [0.2, 0.25) is 0 Å². The summed E-state index contributed by atoms with van der Waals surface area (Å²) in [5.74, 6) is 1.82. The van der Waals surface area contributed by atoms with Gasteiger partial charge in [-0.25, -0.2) is 0 Å². The maximum absolute atomic E-state index is 12.6. The summed E-state index contributed by atoms with van der Waals surface area (Å²) in [5, 5.41) is 0.473. The normalized spacial score (nSPS) is 17.2. The number of hydrogen-bond acceptors (Lipinski definition) is 4. The molecule has 132 valence electrons. The Morgan fingerprint density at radius 2 is 2.16 bits per heavy atom. The Balaban J connectivity index is 1.58. The summed E-state index contributed by atoms with van der Waals surface area (Å²) in [4.78, 5) is 18.5. The van der Waals surface area contributed by atoms with Gasteiger partial charge in [-0.1, -0.05) is 17.7 Å². The van der Waals surface area contributed by atoms with E-state index in [1.54, 1.807) is 19.4 Å². The molecular weight excluding hydrogens is 340 g/mol. The van der Waals surface area contributed by atoms with Crippen LogP contribution >= 0.6 is 11.6 Å². The van der Waals surface area contributed by atoms with Crippen molar-refractivity contribution in [1.29, 1.82) is 0 Å². The van der Waals surface area contributed by atoms with Crippen molar-refractivity contribution in [3.63, 3.8) is 0 Å². The van der Waals surface area contributed by atoms with Crippen molar-refractivity contribution in [3.8, 4) is 11.5 Å². The molecule has 2 heterocycles. The highest BCUT2D eigenvalue weighted by molar-refractivity contribution is 6.30.